The standard InChI is InChI=1S/C15H16FN3O4/c16-10-2-1-8(6-23-7-17)9-5-19(15(22)13(9)10)11-3-4-12(20)18-14(11)21/h1-2,11H,3-7,17H2,(H,18,20,21). The van der Waals surface area contributed by atoms with E-state index in [0.29, 0.717) is 11.1 Å². The van der Waals surface area contributed by atoms with Crippen LogP contribution in [0.4, 0.5) is 4.39 Å². The number of nitrogens with two attached hydrogens (primary N) is 1. The lowest BCUT2D eigenvalue weighted by Gasteiger charge is -2.29. The second-order valence-electron chi connectivity index (χ2n) is 5.48. The summed E-state index contributed by atoms with van der Waals surface area (Å²) in [6.07, 6.45) is 0.392. The van der Waals surface area contributed by atoms with Crippen LogP contribution in [0, 0.1) is 5.82 Å². The highest BCUT2D eigenvalue weighted by atomic mass is 19.1. The number of imide groups is 1. The molecule has 0 radical (unpaired) electrons. The predicted octanol–water partition coefficient (Wildman–Crippen LogP) is 0.0195. The third kappa shape index (κ3) is 2.71. The van der Waals surface area contributed by atoms with Crippen LogP contribution in [0.1, 0.15) is 34.3 Å². The third-order valence-corrected chi connectivity index (χ3v) is 4.12. The minimum atomic E-state index is -0.768. The highest BCUT2D eigenvalue weighted by Gasteiger charge is 2.41. The van der Waals surface area contributed by atoms with E-state index < -0.39 is 23.7 Å². The Morgan fingerprint density at radius 1 is 1.35 bits per heavy atom. The number of hydrogen-bond acceptors (Lipinski definition) is 5. The number of ether oxygens (including phenoxy) is 1. The van der Waals surface area contributed by atoms with Gasteiger partial charge < -0.3 is 15.4 Å². The van der Waals surface area contributed by atoms with E-state index in [-0.39, 0.29) is 44.2 Å². The smallest absolute Gasteiger partial charge is 0.258 e. The molecule has 23 heavy (non-hydrogen) atoms. The molecule has 1 aromatic rings. The molecule has 1 atom stereocenters. The average Bonchev–Trinajstić information content (AvgIpc) is 2.85. The van der Waals surface area contributed by atoms with Crippen LogP contribution in [-0.4, -0.2) is 35.4 Å². The number of halogens is 1. The number of rotatable bonds is 4. The van der Waals surface area contributed by atoms with Crippen molar-refractivity contribution in [2.75, 3.05) is 6.73 Å². The van der Waals surface area contributed by atoms with Crippen LogP contribution < -0.4 is 11.1 Å². The number of benzene rings is 1. The Balaban J connectivity index is 1.90. The van der Waals surface area contributed by atoms with Crippen LogP contribution in [0.25, 0.3) is 0 Å². The largest absolute Gasteiger partial charge is 0.362 e. The first-order valence-corrected chi connectivity index (χ1v) is 7.25. The summed E-state index contributed by atoms with van der Waals surface area (Å²) < 4.78 is 19.2. The van der Waals surface area contributed by atoms with E-state index in [0.717, 1.165) is 0 Å². The maximum absolute atomic E-state index is 14.1. The van der Waals surface area contributed by atoms with Gasteiger partial charge in [0, 0.05) is 13.0 Å². The monoisotopic (exact) mass is 321 g/mol. The topological polar surface area (TPSA) is 102 Å². The number of piperidine rings is 1. The summed E-state index contributed by atoms with van der Waals surface area (Å²) in [5, 5.41) is 2.21. The van der Waals surface area contributed by atoms with Gasteiger partial charge in [-0.15, -0.1) is 0 Å². The summed E-state index contributed by atoms with van der Waals surface area (Å²) in [7, 11) is 0. The number of hydrogen-bond donors (Lipinski definition) is 2. The quantitative estimate of drug-likeness (QED) is 0.601. The molecule has 0 aromatic heterocycles. The summed E-state index contributed by atoms with van der Waals surface area (Å²) in [5.74, 6) is -2.06. The molecule has 3 rings (SSSR count). The van der Waals surface area contributed by atoms with E-state index in [1.165, 1.54) is 11.0 Å². The van der Waals surface area contributed by atoms with Crippen molar-refractivity contribution in [2.45, 2.75) is 32.0 Å². The van der Waals surface area contributed by atoms with E-state index in [9.17, 15) is 18.8 Å². The van der Waals surface area contributed by atoms with Crippen molar-refractivity contribution in [3.05, 3.63) is 34.6 Å². The molecule has 1 saturated heterocycles. The van der Waals surface area contributed by atoms with E-state index in [1.807, 2.05) is 0 Å². The van der Waals surface area contributed by atoms with Crippen LogP contribution in [0.3, 0.4) is 0 Å². The number of nitrogens with zero attached hydrogens (tertiary/aromatic N) is 1. The van der Waals surface area contributed by atoms with Crippen LogP contribution in [0.2, 0.25) is 0 Å². The summed E-state index contributed by atoms with van der Waals surface area (Å²) in [6.45, 7) is 0.286. The summed E-state index contributed by atoms with van der Waals surface area (Å²) in [5.41, 5.74) is 6.43. The molecule has 122 valence electrons. The van der Waals surface area contributed by atoms with Crippen molar-refractivity contribution in [2.24, 2.45) is 5.73 Å². The van der Waals surface area contributed by atoms with Gasteiger partial charge in [0.15, 0.2) is 0 Å². The Labute approximate surface area is 131 Å². The molecule has 1 aromatic carbocycles. The Hall–Kier alpha value is -2.32. The second kappa shape index (κ2) is 6.05. The molecule has 0 bridgehead atoms. The van der Waals surface area contributed by atoms with E-state index in [2.05, 4.69) is 5.32 Å². The zero-order chi connectivity index (χ0) is 16.6. The van der Waals surface area contributed by atoms with Crippen LogP contribution in [-0.2, 0) is 27.5 Å². The van der Waals surface area contributed by atoms with Gasteiger partial charge in [0.05, 0.1) is 18.9 Å². The highest BCUT2D eigenvalue weighted by molar-refractivity contribution is 6.05. The minimum absolute atomic E-state index is 0.0109. The molecule has 0 aliphatic carbocycles. The van der Waals surface area contributed by atoms with Gasteiger partial charge in [0.25, 0.3) is 5.91 Å². The van der Waals surface area contributed by atoms with Crippen molar-refractivity contribution in [3.63, 3.8) is 0 Å². The zero-order valence-corrected chi connectivity index (χ0v) is 12.3. The van der Waals surface area contributed by atoms with Crippen LogP contribution in [0.15, 0.2) is 12.1 Å². The fraction of sp³-hybridized carbons (Fsp3) is 0.400. The maximum atomic E-state index is 14.1. The third-order valence-electron chi connectivity index (χ3n) is 4.12. The molecule has 2 aliphatic heterocycles. The summed E-state index contributed by atoms with van der Waals surface area (Å²) >= 11 is 0. The SMILES string of the molecule is NCOCc1ccc(F)c2c1CN(C1CCC(=O)NC1=O)C2=O. The Kier molecular flexibility index (Phi) is 4.10. The number of carbonyl (C=O) groups excluding carboxylic acids is 3. The maximum Gasteiger partial charge on any atom is 0.258 e. The molecule has 1 unspecified atom stereocenters. The van der Waals surface area contributed by atoms with Gasteiger partial charge in [0.1, 0.15) is 11.9 Å². The number of amides is 3. The normalized spacial score (nSPS) is 20.7. The lowest BCUT2D eigenvalue weighted by Crippen LogP contribution is -2.52. The predicted molar refractivity (Wildman–Crippen MR) is 76.3 cm³/mol. The Morgan fingerprint density at radius 2 is 2.13 bits per heavy atom. The van der Waals surface area contributed by atoms with Crippen molar-refractivity contribution >= 4 is 17.7 Å². The fourth-order valence-corrected chi connectivity index (χ4v) is 3.00. The van der Waals surface area contributed by atoms with Crippen molar-refractivity contribution in [1.82, 2.24) is 10.2 Å². The highest BCUT2D eigenvalue weighted by Crippen LogP contribution is 2.31. The lowest BCUT2D eigenvalue weighted by molar-refractivity contribution is -0.136. The first-order valence-electron chi connectivity index (χ1n) is 7.25. The minimum Gasteiger partial charge on any atom is -0.362 e. The van der Waals surface area contributed by atoms with Gasteiger partial charge in [0.2, 0.25) is 11.8 Å². The fourth-order valence-electron chi connectivity index (χ4n) is 3.00. The molecule has 3 N–H and O–H groups in total. The second-order valence-corrected chi connectivity index (χ2v) is 5.48. The van der Waals surface area contributed by atoms with Gasteiger partial charge in [-0.05, 0) is 23.6 Å². The van der Waals surface area contributed by atoms with Crippen molar-refractivity contribution < 1.29 is 23.5 Å². The molecule has 2 aliphatic rings. The Morgan fingerprint density at radius 3 is 2.83 bits per heavy atom. The van der Waals surface area contributed by atoms with Gasteiger partial charge in [-0.1, -0.05) is 6.07 Å². The first kappa shape index (κ1) is 15.6. The van der Waals surface area contributed by atoms with Gasteiger partial charge in [-0.2, -0.15) is 0 Å². The number of nitrogens with one attached hydrogen (secondary N) is 1. The van der Waals surface area contributed by atoms with Crippen LogP contribution in [0.5, 0.6) is 0 Å². The van der Waals surface area contributed by atoms with Crippen molar-refractivity contribution in [1.29, 1.82) is 0 Å². The molecule has 8 heteroatoms. The molecule has 2 heterocycles. The molecule has 1 fully saturated rings. The Bertz CT molecular complexity index is 692. The van der Waals surface area contributed by atoms with Gasteiger partial charge in [-0.3, -0.25) is 19.7 Å². The van der Waals surface area contributed by atoms with E-state index >= 15 is 0 Å². The van der Waals surface area contributed by atoms with Crippen LogP contribution >= 0.6 is 0 Å². The molecule has 0 saturated carbocycles. The van der Waals surface area contributed by atoms with E-state index in [4.69, 9.17) is 10.5 Å². The molecule has 0 spiro atoms. The van der Waals surface area contributed by atoms with E-state index in [1.54, 1.807) is 6.07 Å². The lowest BCUT2D eigenvalue weighted by atomic mass is 10.0. The van der Waals surface area contributed by atoms with Crippen molar-refractivity contribution in [3.8, 4) is 0 Å². The number of fused-ring (bicyclic) bond motifs is 1. The zero-order valence-electron chi connectivity index (χ0n) is 12.3. The molecular formula is C15H16FN3O4. The average molecular weight is 321 g/mol. The van der Waals surface area contributed by atoms with Gasteiger partial charge >= 0.3 is 0 Å². The number of carbonyl (C=O) groups is 3. The van der Waals surface area contributed by atoms with Gasteiger partial charge in [-0.25, -0.2) is 4.39 Å². The molecule has 3 amide bonds. The summed E-state index contributed by atoms with van der Waals surface area (Å²) in [4.78, 5) is 37.0. The first-order chi connectivity index (χ1) is 11.0. The molecule has 7 nitrogen and oxygen atoms in total. The molecular weight excluding hydrogens is 305 g/mol. The summed E-state index contributed by atoms with van der Waals surface area (Å²) in [6, 6.07) is 1.99.